The summed E-state index contributed by atoms with van der Waals surface area (Å²) in [6.45, 7) is 5.44. The molecule has 0 radical (unpaired) electrons. The summed E-state index contributed by atoms with van der Waals surface area (Å²) in [7, 11) is -3.50. The molecule has 1 fully saturated rings. The average Bonchev–Trinajstić information content (AvgIpc) is 2.72. The molecule has 0 saturated carbocycles. The summed E-state index contributed by atoms with van der Waals surface area (Å²) in [6.07, 6.45) is 1.05. The lowest BCUT2D eigenvalue weighted by molar-refractivity contribution is -0.126. The predicted molar refractivity (Wildman–Crippen MR) is 112 cm³/mol. The lowest BCUT2D eigenvalue weighted by Gasteiger charge is -2.30. The van der Waals surface area contributed by atoms with Crippen molar-refractivity contribution in [2.75, 3.05) is 26.2 Å². The molecule has 1 N–H and O–H groups in total. The SMILES string of the molecule is Cc1ccc(S(=O)(=O)N2CCC(C(=O)NCCOc3ccccc3C)CC2)cc1. The molecule has 0 spiro atoms. The number of amides is 1. The van der Waals surface area contributed by atoms with Crippen molar-refractivity contribution in [1.29, 1.82) is 0 Å². The van der Waals surface area contributed by atoms with Gasteiger partial charge in [0.1, 0.15) is 12.4 Å². The zero-order chi connectivity index (χ0) is 20.9. The van der Waals surface area contributed by atoms with Crippen molar-refractivity contribution in [2.45, 2.75) is 31.6 Å². The van der Waals surface area contributed by atoms with Crippen LogP contribution in [0.5, 0.6) is 5.75 Å². The molecule has 2 aromatic rings. The maximum atomic E-state index is 12.8. The molecule has 1 heterocycles. The highest BCUT2D eigenvalue weighted by Gasteiger charge is 2.31. The Kier molecular flexibility index (Phi) is 6.92. The summed E-state index contributed by atoms with van der Waals surface area (Å²) in [5.74, 6) is 0.611. The molecule has 1 aliphatic heterocycles. The maximum absolute atomic E-state index is 12.8. The molecule has 6 nitrogen and oxygen atoms in total. The number of rotatable bonds is 7. The minimum atomic E-state index is -3.50. The molecule has 0 aromatic heterocycles. The van der Waals surface area contributed by atoms with E-state index in [-0.39, 0.29) is 11.8 Å². The number of nitrogens with one attached hydrogen (secondary N) is 1. The minimum Gasteiger partial charge on any atom is -0.491 e. The van der Waals surface area contributed by atoms with Gasteiger partial charge in [-0.3, -0.25) is 4.79 Å². The Bertz CT molecular complexity index is 934. The normalized spacial score (nSPS) is 15.8. The van der Waals surface area contributed by atoms with Crippen LogP contribution < -0.4 is 10.1 Å². The van der Waals surface area contributed by atoms with Crippen molar-refractivity contribution in [2.24, 2.45) is 5.92 Å². The second kappa shape index (κ2) is 9.41. The average molecular weight is 417 g/mol. The number of aryl methyl sites for hydroxylation is 2. The fourth-order valence-corrected chi connectivity index (χ4v) is 4.89. The van der Waals surface area contributed by atoms with Crippen LogP contribution in [-0.2, 0) is 14.8 Å². The van der Waals surface area contributed by atoms with Gasteiger partial charge < -0.3 is 10.1 Å². The van der Waals surface area contributed by atoms with Crippen LogP contribution in [0.25, 0.3) is 0 Å². The van der Waals surface area contributed by atoms with E-state index in [9.17, 15) is 13.2 Å². The van der Waals surface area contributed by atoms with Crippen LogP contribution in [0.4, 0.5) is 0 Å². The third-order valence-electron chi connectivity index (χ3n) is 5.24. The largest absolute Gasteiger partial charge is 0.491 e. The third kappa shape index (κ3) is 5.36. The van der Waals surface area contributed by atoms with Gasteiger partial charge in [0.2, 0.25) is 15.9 Å². The number of hydrogen-bond acceptors (Lipinski definition) is 4. The van der Waals surface area contributed by atoms with Crippen molar-refractivity contribution in [3.63, 3.8) is 0 Å². The van der Waals surface area contributed by atoms with E-state index in [1.54, 1.807) is 24.3 Å². The minimum absolute atomic E-state index is 0.0363. The number of carbonyl (C=O) groups is 1. The summed E-state index contributed by atoms with van der Waals surface area (Å²) >= 11 is 0. The van der Waals surface area contributed by atoms with Gasteiger partial charge in [0.15, 0.2) is 0 Å². The highest BCUT2D eigenvalue weighted by Crippen LogP contribution is 2.24. The lowest BCUT2D eigenvalue weighted by Crippen LogP contribution is -2.43. The second-order valence-electron chi connectivity index (χ2n) is 7.40. The molecule has 1 aliphatic rings. The number of carbonyl (C=O) groups excluding carboxylic acids is 1. The molecule has 1 saturated heterocycles. The Hall–Kier alpha value is -2.38. The van der Waals surface area contributed by atoms with Crippen LogP contribution in [0.3, 0.4) is 0 Å². The van der Waals surface area contributed by atoms with Gasteiger partial charge in [0.25, 0.3) is 0 Å². The van der Waals surface area contributed by atoms with Gasteiger partial charge in [-0.2, -0.15) is 4.31 Å². The highest BCUT2D eigenvalue weighted by atomic mass is 32.2. The Morgan fingerprint density at radius 1 is 1.07 bits per heavy atom. The molecule has 0 unspecified atom stereocenters. The Labute approximate surface area is 172 Å². The molecule has 156 valence electrons. The summed E-state index contributed by atoms with van der Waals surface area (Å²) < 4.78 is 32.7. The Morgan fingerprint density at radius 2 is 1.72 bits per heavy atom. The van der Waals surface area contributed by atoms with E-state index < -0.39 is 10.0 Å². The summed E-state index contributed by atoms with van der Waals surface area (Å²) in [5, 5.41) is 2.90. The molecular weight excluding hydrogens is 388 g/mol. The summed E-state index contributed by atoms with van der Waals surface area (Å²) in [5.41, 5.74) is 2.08. The van der Waals surface area contributed by atoms with E-state index in [2.05, 4.69) is 5.32 Å². The number of piperidine rings is 1. The standard InChI is InChI=1S/C22H28N2O4S/c1-17-7-9-20(10-8-17)29(26,27)24-14-11-19(12-15-24)22(25)23-13-16-28-21-6-4-3-5-18(21)2/h3-10,19H,11-16H2,1-2H3,(H,23,25). The van der Waals surface area contributed by atoms with Crippen LogP contribution in [0.1, 0.15) is 24.0 Å². The van der Waals surface area contributed by atoms with Crippen LogP contribution in [0.2, 0.25) is 0 Å². The Morgan fingerprint density at radius 3 is 2.38 bits per heavy atom. The molecular formula is C22H28N2O4S. The Balaban J connectivity index is 1.44. The number of ether oxygens (including phenoxy) is 1. The predicted octanol–water partition coefficient (Wildman–Crippen LogP) is 2.90. The number of sulfonamides is 1. The second-order valence-corrected chi connectivity index (χ2v) is 9.33. The van der Waals surface area contributed by atoms with E-state index in [0.29, 0.717) is 44.0 Å². The van der Waals surface area contributed by atoms with E-state index in [1.807, 2.05) is 38.1 Å². The lowest BCUT2D eigenvalue weighted by atomic mass is 9.97. The first kappa shape index (κ1) is 21.3. The number of hydrogen-bond donors (Lipinski definition) is 1. The molecule has 3 rings (SSSR count). The van der Waals surface area contributed by atoms with Gasteiger partial charge >= 0.3 is 0 Å². The van der Waals surface area contributed by atoms with Gasteiger partial charge in [-0.05, 0) is 50.5 Å². The molecule has 0 aliphatic carbocycles. The van der Waals surface area contributed by atoms with E-state index in [4.69, 9.17) is 4.74 Å². The first-order valence-corrected chi connectivity index (χ1v) is 11.3. The number of benzene rings is 2. The highest BCUT2D eigenvalue weighted by molar-refractivity contribution is 7.89. The topological polar surface area (TPSA) is 75.7 Å². The van der Waals surface area contributed by atoms with Crippen LogP contribution in [-0.4, -0.2) is 44.9 Å². The first-order valence-electron chi connectivity index (χ1n) is 9.91. The first-order chi connectivity index (χ1) is 13.9. The van der Waals surface area contributed by atoms with Crippen LogP contribution in [0, 0.1) is 19.8 Å². The third-order valence-corrected chi connectivity index (χ3v) is 7.15. The van der Waals surface area contributed by atoms with Crippen molar-refractivity contribution in [3.05, 3.63) is 59.7 Å². The van der Waals surface area contributed by atoms with Crippen molar-refractivity contribution in [1.82, 2.24) is 9.62 Å². The fourth-order valence-electron chi connectivity index (χ4n) is 3.42. The van der Waals surface area contributed by atoms with Gasteiger partial charge in [0, 0.05) is 19.0 Å². The van der Waals surface area contributed by atoms with Crippen LogP contribution >= 0.6 is 0 Å². The number of nitrogens with zero attached hydrogens (tertiary/aromatic N) is 1. The fraction of sp³-hybridized carbons (Fsp3) is 0.409. The zero-order valence-corrected chi connectivity index (χ0v) is 17.7. The van der Waals surface area contributed by atoms with Crippen molar-refractivity contribution < 1.29 is 17.9 Å². The molecule has 1 amide bonds. The monoisotopic (exact) mass is 416 g/mol. The number of para-hydroxylation sites is 1. The molecule has 0 atom stereocenters. The summed E-state index contributed by atoms with van der Waals surface area (Å²) in [6, 6.07) is 14.6. The van der Waals surface area contributed by atoms with E-state index in [1.165, 1.54) is 4.31 Å². The van der Waals surface area contributed by atoms with Gasteiger partial charge in [-0.25, -0.2) is 8.42 Å². The zero-order valence-electron chi connectivity index (χ0n) is 16.9. The molecule has 7 heteroatoms. The van der Waals surface area contributed by atoms with E-state index in [0.717, 1.165) is 16.9 Å². The molecule has 2 aromatic carbocycles. The van der Waals surface area contributed by atoms with Crippen LogP contribution in [0.15, 0.2) is 53.4 Å². The van der Waals surface area contributed by atoms with Gasteiger partial charge in [-0.15, -0.1) is 0 Å². The smallest absolute Gasteiger partial charge is 0.243 e. The van der Waals surface area contributed by atoms with Crippen molar-refractivity contribution >= 4 is 15.9 Å². The van der Waals surface area contributed by atoms with Crippen molar-refractivity contribution in [3.8, 4) is 5.75 Å². The summed E-state index contributed by atoms with van der Waals surface area (Å²) in [4.78, 5) is 12.7. The van der Waals surface area contributed by atoms with Gasteiger partial charge in [-0.1, -0.05) is 35.9 Å². The maximum Gasteiger partial charge on any atom is 0.243 e. The molecule has 29 heavy (non-hydrogen) atoms. The molecule has 0 bridgehead atoms. The van der Waals surface area contributed by atoms with Gasteiger partial charge in [0.05, 0.1) is 11.4 Å². The quantitative estimate of drug-likeness (QED) is 0.704. The van der Waals surface area contributed by atoms with E-state index >= 15 is 0 Å².